The van der Waals surface area contributed by atoms with Crippen molar-refractivity contribution in [1.29, 1.82) is 0 Å². The minimum Gasteiger partial charge on any atom is -0.330 e. The van der Waals surface area contributed by atoms with Crippen LogP contribution in [0.2, 0.25) is 0 Å². The van der Waals surface area contributed by atoms with E-state index in [1.807, 2.05) is 0 Å². The first-order valence-electron chi connectivity index (χ1n) is 6.59. The number of likely N-dealkylation sites (tertiary alicyclic amines) is 1. The molecule has 0 aromatic carbocycles. The number of thiazole rings is 1. The minimum atomic E-state index is 0.693. The van der Waals surface area contributed by atoms with Crippen molar-refractivity contribution in [3.8, 4) is 0 Å². The Hall–Kier alpha value is -0.450. The molecule has 2 atom stereocenters. The summed E-state index contributed by atoms with van der Waals surface area (Å²) >= 11 is 1.75. The lowest BCUT2D eigenvalue weighted by Crippen LogP contribution is -2.43. The van der Waals surface area contributed by atoms with Gasteiger partial charge in [-0.05, 0) is 33.2 Å². The predicted octanol–water partition coefficient (Wildman–Crippen LogP) is 2.41. The molecule has 0 amide bonds. The van der Waals surface area contributed by atoms with Crippen LogP contribution in [0.4, 0.5) is 0 Å². The monoisotopic (exact) mass is 253 g/mol. The molecule has 0 aliphatic carbocycles. The lowest BCUT2D eigenvalue weighted by molar-refractivity contribution is 0.0940. The fourth-order valence-corrected chi connectivity index (χ4v) is 3.44. The molecule has 4 heteroatoms. The Morgan fingerprint density at radius 3 is 2.76 bits per heavy atom. The van der Waals surface area contributed by atoms with Gasteiger partial charge in [-0.3, -0.25) is 4.90 Å². The van der Waals surface area contributed by atoms with E-state index in [2.05, 4.69) is 29.1 Å². The third kappa shape index (κ3) is 3.27. The molecule has 0 spiro atoms. The zero-order valence-corrected chi connectivity index (χ0v) is 11.7. The van der Waals surface area contributed by atoms with Gasteiger partial charge in [0.05, 0.1) is 10.7 Å². The molecular weight excluding hydrogens is 230 g/mol. The Balaban J connectivity index is 1.98. The zero-order chi connectivity index (χ0) is 12.3. The molecule has 1 fully saturated rings. The summed E-state index contributed by atoms with van der Waals surface area (Å²) in [5, 5.41) is 3.37. The van der Waals surface area contributed by atoms with Gasteiger partial charge >= 0.3 is 0 Å². The van der Waals surface area contributed by atoms with Crippen LogP contribution in [0.25, 0.3) is 0 Å². The van der Waals surface area contributed by atoms with Gasteiger partial charge in [-0.25, -0.2) is 4.98 Å². The average Bonchev–Trinajstić information content (AvgIpc) is 2.72. The number of nitrogens with two attached hydrogens (primary N) is 1. The van der Waals surface area contributed by atoms with Crippen LogP contribution in [0.3, 0.4) is 0 Å². The first-order chi connectivity index (χ1) is 8.20. The van der Waals surface area contributed by atoms with Crippen molar-refractivity contribution >= 4 is 11.3 Å². The van der Waals surface area contributed by atoms with Crippen LogP contribution in [0.15, 0.2) is 5.38 Å². The van der Waals surface area contributed by atoms with Crippen molar-refractivity contribution in [2.24, 2.45) is 5.73 Å². The maximum absolute atomic E-state index is 5.55. The van der Waals surface area contributed by atoms with E-state index in [0.717, 1.165) is 13.0 Å². The molecule has 2 N–H and O–H groups in total. The maximum atomic E-state index is 5.55. The van der Waals surface area contributed by atoms with E-state index in [9.17, 15) is 0 Å². The van der Waals surface area contributed by atoms with Gasteiger partial charge in [0, 0.05) is 30.4 Å². The molecule has 2 rings (SSSR count). The molecule has 0 radical (unpaired) electrons. The quantitative estimate of drug-likeness (QED) is 0.896. The van der Waals surface area contributed by atoms with Crippen molar-refractivity contribution in [2.45, 2.75) is 58.2 Å². The number of rotatable bonds is 4. The van der Waals surface area contributed by atoms with Gasteiger partial charge in [-0.15, -0.1) is 11.3 Å². The van der Waals surface area contributed by atoms with E-state index >= 15 is 0 Å². The molecule has 17 heavy (non-hydrogen) atoms. The normalized spacial score (nSPS) is 26.3. The summed E-state index contributed by atoms with van der Waals surface area (Å²) in [5.74, 6) is 0. The van der Waals surface area contributed by atoms with Crippen LogP contribution in [-0.4, -0.2) is 28.5 Å². The van der Waals surface area contributed by atoms with Gasteiger partial charge in [-0.2, -0.15) is 0 Å². The molecule has 2 unspecified atom stereocenters. The standard InChI is InChI=1S/C13H23N3S/c1-10-4-3-5-11(2)16(10)8-12-9-17-13(15-12)6-7-14/h9-11H,3-8,14H2,1-2H3. The van der Waals surface area contributed by atoms with Crippen molar-refractivity contribution in [2.75, 3.05) is 6.54 Å². The van der Waals surface area contributed by atoms with E-state index in [4.69, 9.17) is 5.73 Å². The molecular formula is C13H23N3S. The lowest BCUT2D eigenvalue weighted by atomic mass is 9.97. The largest absolute Gasteiger partial charge is 0.330 e. The predicted molar refractivity (Wildman–Crippen MR) is 73.2 cm³/mol. The van der Waals surface area contributed by atoms with Crippen LogP contribution < -0.4 is 5.73 Å². The molecule has 0 saturated carbocycles. The molecule has 1 aliphatic heterocycles. The fraction of sp³-hybridized carbons (Fsp3) is 0.769. The number of nitrogens with zero attached hydrogens (tertiary/aromatic N) is 2. The average molecular weight is 253 g/mol. The highest BCUT2D eigenvalue weighted by Gasteiger charge is 2.25. The van der Waals surface area contributed by atoms with Gasteiger partial charge in [0.1, 0.15) is 0 Å². The second-order valence-electron chi connectivity index (χ2n) is 5.07. The van der Waals surface area contributed by atoms with Crippen molar-refractivity contribution in [1.82, 2.24) is 9.88 Å². The number of hydrogen-bond donors (Lipinski definition) is 1. The highest BCUT2D eigenvalue weighted by Crippen LogP contribution is 2.24. The van der Waals surface area contributed by atoms with E-state index in [-0.39, 0.29) is 0 Å². The molecule has 96 valence electrons. The van der Waals surface area contributed by atoms with E-state index < -0.39 is 0 Å². The van der Waals surface area contributed by atoms with E-state index in [1.54, 1.807) is 11.3 Å². The number of piperidine rings is 1. The summed E-state index contributed by atoms with van der Waals surface area (Å²) in [4.78, 5) is 7.25. The van der Waals surface area contributed by atoms with Crippen molar-refractivity contribution in [3.05, 3.63) is 16.1 Å². The summed E-state index contributed by atoms with van der Waals surface area (Å²) in [6, 6.07) is 1.39. The first kappa shape index (κ1) is 13.0. The van der Waals surface area contributed by atoms with Crippen LogP contribution in [0.1, 0.15) is 43.8 Å². The molecule has 2 heterocycles. The van der Waals surface area contributed by atoms with Crippen LogP contribution in [0.5, 0.6) is 0 Å². The minimum absolute atomic E-state index is 0.693. The second kappa shape index (κ2) is 5.94. The van der Waals surface area contributed by atoms with Crippen molar-refractivity contribution < 1.29 is 0 Å². The van der Waals surface area contributed by atoms with Crippen molar-refractivity contribution in [3.63, 3.8) is 0 Å². The maximum Gasteiger partial charge on any atom is 0.0941 e. The molecule has 1 saturated heterocycles. The molecule has 1 aromatic rings. The van der Waals surface area contributed by atoms with E-state index in [1.165, 1.54) is 30.0 Å². The summed E-state index contributed by atoms with van der Waals surface area (Å²) in [7, 11) is 0. The highest BCUT2D eigenvalue weighted by molar-refractivity contribution is 7.09. The van der Waals surface area contributed by atoms with Crippen LogP contribution in [0, 0.1) is 0 Å². The Bertz CT molecular complexity index is 340. The summed E-state index contributed by atoms with van der Waals surface area (Å²) in [6.07, 6.45) is 4.93. The Morgan fingerprint density at radius 1 is 1.41 bits per heavy atom. The summed E-state index contributed by atoms with van der Waals surface area (Å²) < 4.78 is 0. The summed E-state index contributed by atoms with van der Waals surface area (Å²) in [5.41, 5.74) is 6.78. The second-order valence-corrected chi connectivity index (χ2v) is 6.02. The molecule has 0 bridgehead atoms. The Kier molecular flexibility index (Phi) is 4.54. The Labute approximate surface area is 108 Å². The van der Waals surface area contributed by atoms with E-state index in [0.29, 0.717) is 18.6 Å². The van der Waals surface area contributed by atoms with Gasteiger partial charge < -0.3 is 5.73 Å². The summed E-state index contributed by atoms with van der Waals surface area (Å²) in [6.45, 7) is 6.37. The van der Waals surface area contributed by atoms with Gasteiger partial charge in [0.2, 0.25) is 0 Å². The smallest absolute Gasteiger partial charge is 0.0941 e. The highest BCUT2D eigenvalue weighted by atomic mass is 32.1. The molecule has 1 aromatic heterocycles. The van der Waals surface area contributed by atoms with Crippen LogP contribution in [-0.2, 0) is 13.0 Å². The van der Waals surface area contributed by atoms with Gasteiger partial charge in [0.15, 0.2) is 0 Å². The third-order valence-corrected chi connectivity index (χ3v) is 4.64. The Morgan fingerprint density at radius 2 is 2.12 bits per heavy atom. The first-order valence-corrected chi connectivity index (χ1v) is 7.47. The SMILES string of the molecule is CC1CCCC(C)N1Cc1csc(CCN)n1. The topological polar surface area (TPSA) is 42.1 Å². The molecule has 1 aliphatic rings. The van der Waals surface area contributed by atoms with Gasteiger partial charge in [-0.1, -0.05) is 6.42 Å². The number of hydrogen-bond acceptors (Lipinski definition) is 4. The molecule has 3 nitrogen and oxygen atoms in total. The third-order valence-electron chi connectivity index (χ3n) is 3.68. The fourth-order valence-electron chi connectivity index (χ4n) is 2.63. The lowest BCUT2D eigenvalue weighted by Gasteiger charge is -2.38. The number of aromatic nitrogens is 1. The van der Waals surface area contributed by atoms with Gasteiger partial charge in [0.25, 0.3) is 0 Å². The zero-order valence-electron chi connectivity index (χ0n) is 10.9. The van der Waals surface area contributed by atoms with Crippen LogP contribution >= 0.6 is 11.3 Å².